The van der Waals surface area contributed by atoms with Crippen LogP contribution in [-0.4, -0.2) is 43.3 Å². The van der Waals surface area contributed by atoms with Gasteiger partial charge in [0.25, 0.3) is 0 Å². The lowest BCUT2D eigenvalue weighted by atomic mass is 10.1. The van der Waals surface area contributed by atoms with Crippen molar-refractivity contribution in [1.29, 1.82) is 0 Å². The molecule has 130 valence electrons. The van der Waals surface area contributed by atoms with Crippen LogP contribution in [-0.2, 0) is 6.54 Å². The van der Waals surface area contributed by atoms with Gasteiger partial charge in [0.1, 0.15) is 0 Å². The lowest BCUT2D eigenvalue weighted by Crippen LogP contribution is -2.37. The summed E-state index contributed by atoms with van der Waals surface area (Å²) >= 11 is 0. The average molecular weight is 320 g/mol. The number of hydrogen-bond donors (Lipinski definition) is 1. The van der Waals surface area contributed by atoms with Gasteiger partial charge in [0.05, 0.1) is 12.7 Å². The topological polar surface area (TPSA) is 33.7 Å². The van der Waals surface area contributed by atoms with E-state index in [1.165, 1.54) is 24.9 Å². The Morgan fingerprint density at radius 3 is 2.78 bits per heavy atom. The largest absolute Gasteiger partial charge is 0.490 e. The summed E-state index contributed by atoms with van der Waals surface area (Å²) in [6, 6.07) is 6.94. The highest BCUT2D eigenvalue weighted by Crippen LogP contribution is 2.29. The summed E-state index contributed by atoms with van der Waals surface area (Å²) in [7, 11) is 0. The Bertz CT molecular complexity index is 476. The second-order valence-corrected chi connectivity index (χ2v) is 6.44. The van der Waals surface area contributed by atoms with E-state index in [-0.39, 0.29) is 6.10 Å². The Balaban J connectivity index is 1.90. The molecule has 1 saturated heterocycles. The van der Waals surface area contributed by atoms with E-state index in [2.05, 4.69) is 29.3 Å². The smallest absolute Gasteiger partial charge is 0.161 e. The van der Waals surface area contributed by atoms with Gasteiger partial charge >= 0.3 is 0 Å². The van der Waals surface area contributed by atoms with Crippen molar-refractivity contribution in [1.82, 2.24) is 10.2 Å². The molecule has 1 aliphatic heterocycles. The van der Waals surface area contributed by atoms with Crippen LogP contribution in [0.3, 0.4) is 0 Å². The second-order valence-electron chi connectivity index (χ2n) is 6.44. The monoisotopic (exact) mass is 320 g/mol. The number of benzene rings is 1. The minimum atomic E-state index is 0.153. The molecular formula is C19H32N2O2. The van der Waals surface area contributed by atoms with Crippen LogP contribution in [0.2, 0.25) is 0 Å². The predicted octanol–water partition coefficient (Wildman–Crippen LogP) is 3.45. The van der Waals surface area contributed by atoms with Crippen LogP contribution in [0.5, 0.6) is 11.5 Å². The van der Waals surface area contributed by atoms with Gasteiger partial charge in [0.15, 0.2) is 11.5 Å². The van der Waals surface area contributed by atoms with E-state index in [0.29, 0.717) is 12.6 Å². The van der Waals surface area contributed by atoms with Crippen LogP contribution in [0.15, 0.2) is 18.2 Å². The van der Waals surface area contributed by atoms with Crippen LogP contribution in [0.25, 0.3) is 0 Å². The van der Waals surface area contributed by atoms with Gasteiger partial charge in [-0.1, -0.05) is 13.0 Å². The van der Waals surface area contributed by atoms with Gasteiger partial charge in [-0.25, -0.2) is 0 Å². The van der Waals surface area contributed by atoms with Gasteiger partial charge in [-0.3, -0.25) is 4.90 Å². The minimum absolute atomic E-state index is 0.153. The fourth-order valence-corrected chi connectivity index (χ4v) is 3.21. The average Bonchev–Trinajstić information content (AvgIpc) is 2.97. The maximum absolute atomic E-state index is 5.82. The minimum Gasteiger partial charge on any atom is -0.490 e. The van der Waals surface area contributed by atoms with E-state index < -0.39 is 0 Å². The summed E-state index contributed by atoms with van der Waals surface area (Å²) in [6.07, 6.45) is 2.79. The fraction of sp³-hybridized carbons (Fsp3) is 0.684. The second kappa shape index (κ2) is 9.14. The first-order valence-electron chi connectivity index (χ1n) is 9.01. The summed E-state index contributed by atoms with van der Waals surface area (Å²) in [5, 5.41) is 3.60. The molecule has 1 atom stereocenters. The Hall–Kier alpha value is -1.26. The third-order valence-corrected chi connectivity index (χ3v) is 4.28. The molecule has 0 saturated carbocycles. The fourth-order valence-electron chi connectivity index (χ4n) is 3.21. The highest BCUT2D eigenvalue weighted by atomic mass is 16.5. The molecule has 0 amide bonds. The van der Waals surface area contributed by atoms with Crippen molar-refractivity contribution in [3.05, 3.63) is 23.8 Å². The van der Waals surface area contributed by atoms with Crippen molar-refractivity contribution in [3.63, 3.8) is 0 Å². The first-order valence-corrected chi connectivity index (χ1v) is 9.01. The number of likely N-dealkylation sites (N-methyl/N-ethyl adjacent to an activating group) is 1. The first kappa shape index (κ1) is 18.1. The number of ether oxygens (including phenoxy) is 2. The summed E-state index contributed by atoms with van der Waals surface area (Å²) in [4.78, 5) is 2.57. The summed E-state index contributed by atoms with van der Waals surface area (Å²) in [5.74, 6) is 1.68. The van der Waals surface area contributed by atoms with Gasteiger partial charge < -0.3 is 14.8 Å². The van der Waals surface area contributed by atoms with Gasteiger partial charge in [-0.2, -0.15) is 0 Å². The summed E-state index contributed by atoms with van der Waals surface area (Å²) < 4.78 is 11.5. The zero-order valence-electron chi connectivity index (χ0n) is 15.1. The van der Waals surface area contributed by atoms with E-state index in [4.69, 9.17) is 9.47 Å². The van der Waals surface area contributed by atoms with Crippen molar-refractivity contribution >= 4 is 0 Å². The maximum atomic E-state index is 5.82. The lowest BCUT2D eigenvalue weighted by Gasteiger charge is -2.23. The molecule has 1 aromatic carbocycles. The van der Waals surface area contributed by atoms with Crippen molar-refractivity contribution in [2.45, 2.75) is 59.2 Å². The van der Waals surface area contributed by atoms with Gasteiger partial charge in [0, 0.05) is 19.1 Å². The molecule has 1 heterocycles. The molecule has 0 radical (unpaired) electrons. The van der Waals surface area contributed by atoms with Crippen molar-refractivity contribution < 1.29 is 9.47 Å². The third kappa shape index (κ3) is 5.40. The van der Waals surface area contributed by atoms with Gasteiger partial charge in [0.2, 0.25) is 0 Å². The van der Waals surface area contributed by atoms with E-state index in [9.17, 15) is 0 Å². The van der Waals surface area contributed by atoms with Crippen LogP contribution >= 0.6 is 0 Å². The Morgan fingerprint density at radius 2 is 2.09 bits per heavy atom. The quantitative estimate of drug-likeness (QED) is 0.756. The van der Waals surface area contributed by atoms with Gasteiger partial charge in [-0.05, 0) is 64.4 Å². The zero-order valence-corrected chi connectivity index (χ0v) is 15.1. The standard InChI is InChI=1S/C19H32N2O2/c1-5-21-11-7-8-17(21)14-20-13-16-9-10-18(23-15(3)4)19(12-16)22-6-2/h9-10,12,15,17,20H,5-8,11,13-14H2,1-4H3. The Morgan fingerprint density at radius 1 is 1.26 bits per heavy atom. The van der Waals surface area contributed by atoms with Crippen molar-refractivity contribution in [3.8, 4) is 11.5 Å². The molecule has 1 fully saturated rings. The molecule has 1 N–H and O–H groups in total. The molecule has 4 heteroatoms. The van der Waals surface area contributed by atoms with Crippen molar-refractivity contribution in [2.24, 2.45) is 0 Å². The zero-order chi connectivity index (χ0) is 16.7. The lowest BCUT2D eigenvalue weighted by molar-refractivity contribution is 0.223. The molecule has 0 bridgehead atoms. The van der Waals surface area contributed by atoms with E-state index in [1.807, 2.05) is 26.8 Å². The molecule has 0 aliphatic carbocycles. The molecule has 1 unspecified atom stereocenters. The third-order valence-electron chi connectivity index (χ3n) is 4.28. The van der Waals surface area contributed by atoms with E-state index in [1.54, 1.807) is 0 Å². The Kier molecular flexibility index (Phi) is 7.18. The Labute approximate surface area is 141 Å². The first-order chi connectivity index (χ1) is 11.1. The van der Waals surface area contributed by atoms with E-state index >= 15 is 0 Å². The molecule has 0 spiro atoms. The molecule has 1 aromatic rings. The molecule has 0 aromatic heterocycles. The summed E-state index contributed by atoms with van der Waals surface area (Å²) in [6.45, 7) is 13.3. The number of rotatable bonds is 9. The van der Waals surface area contributed by atoms with Crippen LogP contribution in [0, 0.1) is 0 Å². The van der Waals surface area contributed by atoms with Gasteiger partial charge in [-0.15, -0.1) is 0 Å². The SMILES string of the molecule is CCOc1cc(CNCC2CCCN2CC)ccc1OC(C)C. The maximum Gasteiger partial charge on any atom is 0.161 e. The van der Waals surface area contributed by atoms with Crippen LogP contribution < -0.4 is 14.8 Å². The number of nitrogens with one attached hydrogen (secondary N) is 1. The molecular weight excluding hydrogens is 288 g/mol. The highest BCUT2D eigenvalue weighted by Gasteiger charge is 2.22. The van der Waals surface area contributed by atoms with Crippen molar-refractivity contribution in [2.75, 3.05) is 26.2 Å². The molecule has 1 aliphatic rings. The highest BCUT2D eigenvalue weighted by molar-refractivity contribution is 5.43. The number of likely N-dealkylation sites (tertiary alicyclic amines) is 1. The number of nitrogens with zero attached hydrogens (tertiary/aromatic N) is 1. The number of hydrogen-bond acceptors (Lipinski definition) is 4. The molecule has 4 nitrogen and oxygen atoms in total. The molecule has 23 heavy (non-hydrogen) atoms. The molecule has 2 rings (SSSR count). The van der Waals surface area contributed by atoms with Crippen LogP contribution in [0.4, 0.5) is 0 Å². The normalized spacial score (nSPS) is 18.6. The van der Waals surface area contributed by atoms with Crippen LogP contribution in [0.1, 0.15) is 46.1 Å². The predicted molar refractivity (Wildman–Crippen MR) is 95.4 cm³/mol. The van der Waals surface area contributed by atoms with E-state index in [0.717, 1.165) is 31.1 Å². The summed E-state index contributed by atoms with van der Waals surface area (Å²) in [5.41, 5.74) is 1.24.